The molecule has 1 N–H and O–H groups in total. The Kier molecular flexibility index (Phi) is 4.08. The highest BCUT2D eigenvalue weighted by atomic mass is 19.4. The maximum atomic E-state index is 14.2. The molecule has 1 aromatic carbocycles. The molecule has 6 heteroatoms. The van der Waals surface area contributed by atoms with Gasteiger partial charge in [-0.15, -0.1) is 0 Å². The number of benzene rings is 1. The Balaban J connectivity index is 2.19. The van der Waals surface area contributed by atoms with Crippen molar-refractivity contribution in [2.45, 2.75) is 25.2 Å². The summed E-state index contributed by atoms with van der Waals surface area (Å²) in [5, 5.41) is 3.07. The van der Waals surface area contributed by atoms with Crippen LogP contribution in [0.5, 0.6) is 0 Å². The topological polar surface area (TPSA) is 12.0 Å². The van der Waals surface area contributed by atoms with Crippen LogP contribution in [0.2, 0.25) is 0 Å². The molecule has 1 aliphatic rings. The highest BCUT2D eigenvalue weighted by molar-refractivity contribution is 5.28. The Morgan fingerprint density at radius 1 is 1.16 bits per heavy atom. The molecule has 0 bridgehead atoms. The number of alkyl halides is 4. The average Bonchev–Trinajstić information content (AvgIpc) is 2.37. The van der Waals surface area contributed by atoms with Gasteiger partial charge in [-0.05, 0) is 49.5 Å². The number of halogens is 5. The van der Waals surface area contributed by atoms with Crippen LogP contribution < -0.4 is 5.32 Å². The van der Waals surface area contributed by atoms with E-state index >= 15 is 0 Å². The first-order valence-corrected chi connectivity index (χ1v) is 6.11. The predicted octanol–water partition coefficient (Wildman–Crippen LogP) is 3.85. The second kappa shape index (κ2) is 5.45. The second-order valence-corrected chi connectivity index (χ2v) is 4.73. The Morgan fingerprint density at radius 3 is 2.32 bits per heavy atom. The van der Waals surface area contributed by atoms with Crippen LogP contribution in [-0.2, 0) is 6.18 Å². The lowest BCUT2D eigenvalue weighted by molar-refractivity contribution is -0.140. The fourth-order valence-corrected chi connectivity index (χ4v) is 2.34. The highest BCUT2D eigenvalue weighted by Gasteiger charge is 2.35. The Hall–Kier alpha value is -1.17. The van der Waals surface area contributed by atoms with Crippen LogP contribution in [0.15, 0.2) is 18.2 Å². The largest absolute Gasteiger partial charge is 0.419 e. The lowest BCUT2D eigenvalue weighted by Gasteiger charge is -2.26. The fourth-order valence-electron chi connectivity index (χ4n) is 2.34. The van der Waals surface area contributed by atoms with Gasteiger partial charge in [-0.25, -0.2) is 8.78 Å². The number of hydrogen-bond donors (Lipinski definition) is 1. The van der Waals surface area contributed by atoms with E-state index in [1.807, 2.05) is 0 Å². The van der Waals surface area contributed by atoms with Gasteiger partial charge >= 0.3 is 6.18 Å². The van der Waals surface area contributed by atoms with Gasteiger partial charge in [0.15, 0.2) is 0 Å². The van der Waals surface area contributed by atoms with Gasteiger partial charge in [-0.1, -0.05) is 6.07 Å². The van der Waals surface area contributed by atoms with Crippen LogP contribution in [0.1, 0.15) is 30.1 Å². The first-order valence-electron chi connectivity index (χ1n) is 6.11. The minimum atomic E-state index is -4.75. The summed E-state index contributed by atoms with van der Waals surface area (Å²) in [7, 11) is 0. The smallest absolute Gasteiger partial charge is 0.317 e. The molecule has 1 unspecified atom stereocenters. The van der Waals surface area contributed by atoms with Crippen LogP contribution in [0, 0.1) is 11.7 Å². The summed E-state index contributed by atoms with van der Waals surface area (Å²) in [6.07, 6.45) is -4.96. The van der Waals surface area contributed by atoms with E-state index in [0.717, 1.165) is 6.07 Å². The molecule has 2 rings (SSSR count). The lowest BCUT2D eigenvalue weighted by atomic mass is 9.89. The molecule has 0 spiro atoms. The number of rotatable bonds is 2. The molecular weight excluding hydrogens is 265 g/mol. The van der Waals surface area contributed by atoms with Crippen LogP contribution in [0.25, 0.3) is 0 Å². The molecule has 1 fully saturated rings. The monoisotopic (exact) mass is 279 g/mol. The van der Waals surface area contributed by atoms with Crippen molar-refractivity contribution in [3.05, 3.63) is 35.1 Å². The molecule has 106 valence electrons. The molecule has 1 heterocycles. The SMILES string of the molecule is Fc1cc(C(F)C2CCNCC2)ccc1C(F)(F)F. The maximum absolute atomic E-state index is 14.2. The summed E-state index contributed by atoms with van der Waals surface area (Å²) in [4.78, 5) is 0. The van der Waals surface area contributed by atoms with Crippen molar-refractivity contribution in [1.29, 1.82) is 0 Å². The van der Waals surface area contributed by atoms with Crippen LogP contribution in [-0.4, -0.2) is 13.1 Å². The van der Waals surface area contributed by atoms with Crippen molar-refractivity contribution < 1.29 is 22.0 Å². The van der Waals surface area contributed by atoms with Gasteiger partial charge in [0.1, 0.15) is 12.0 Å². The summed E-state index contributed by atoms with van der Waals surface area (Å²) in [6.45, 7) is 1.35. The van der Waals surface area contributed by atoms with E-state index in [1.165, 1.54) is 0 Å². The van der Waals surface area contributed by atoms with Gasteiger partial charge in [-0.3, -0.25) is 0 Å². The van der Waals surface area contributed by atoms with Crippen molar-refractivity contribution in [2.75, 3.05) is 13.1 Å². The van der Waals surface area contributed by atoms with Gasteiger partial charge in [0.25, 0.3) is 0 Å². The zero-order chi connectivity index (χ0) is 14.0. The molecule has 0 aromatic heterocycles. The van der Waals surface area contributed by atoms with Gasteiger partial charge in [0, 0.05) is 0 Å². The van der Waals surface area contributed by atoms with Crippen molar-refractivity contribution in [3.8, 4) is 0 Å². The number of piperidine rings is 1. The molecular formula is C13H14F5N. The molecule has 0 saturated carbocycles. The van der Waals surface area contributed by atoms with E-state index in [0.29, 0.717) is 38.1 Å². The second-order valence-electron chi connectivity index (χ2n) is 4.73. The van der Waals surface area contributed by atoms with E-state index in [1.54, 1.807) is 0 Å². The molecule has 1 atom stereocenters. The lowest BCUT2D eigenvalue weighted by Crippen LogP contribution is -2.29. The van der Waals surface area contributed by atoms with Crippen LogP contribution >= 0.6 is 0 Å². The quantitative estimate of drug-likeness (QED) is 0.811. The predicted molar refractivity (Wildman–Crippen MR) is 60.8 cm³/mol. The average molecular weight is 279 g/mol. The molecule has 1 nitrogen and oxygen atoms in total. The zero-order valence-electron chi connectivity index (χ0n) is 10.1. The van der Waals surface area contributed by atoms with Crippen molar-refractivity contribution in [3.63, 3.8) is 0 Å². The Bertz CT molecular complexity index is 437. The third-order valence-corrected chi connectivity index (χ3v) is 3.41. The van der Waals surface area contributed by atoms with E-state index in [4.69, 9.17) is 0 Å². The van der Waals surface area contributed by atoms with Gasteiger partial charge in [0.2, 0.25) is 0 Å². The summed E-state index contributed by atoms with van der Waals surface area (Å²) < 4.78 is 64.7. The molecule has 0 amide bonds. The van der Waals surface area contributed by atoms with Gasteiger partial charge < -0.3 is 5.32 Å². The molecule has 19 heavy (non-hydrogen) atoms. The zero-order valence-corrected chi connectivity index (χ0v) is 10.1. The van der Waals surface area contributed by atoms with Gasteiger partial charge in [0.05, 0.1) is 5.56 Å². The van der Waals surface area contributed by atoms with E-state index < -0.39 is 23.7 Å². The van der Waals surface area contributed by atoms with Crippen LogP contribution in [0.3, 0.4) is 0 Å². The molecule has 0 aliphatic carbocycles. The Morgan fingerprint density at radius 2 is 1.79 bits per heavy atom. The molecule has 1 aliphatic heterocycles. The third kappa shape index (κ3) is 3.23. The minimum absolute atomic E-state index is 0.0163. The summed E-state index contributed by atoms with van der Waals surface area (Å²) in [6, 6.07) is 2.30. The van der Waals surface area contributed by atoms with Crippen molar-refractivity contribution in [1.82, 2.24) is 5.32 Å². The summed E-state index contributed by atoms with van der Waals surface area (Å²) in [5.74, 6) is -1.68. The van der Waals surface area contributed by atoms with Crippen LogP contribution in [0.4, 0.5) is 22.0 Å². The van der Waals surface area contributed by atoms with E-state index in [2.05, 4.69) is 5.32 Å². The molecule has 1 saturated heterocycles. The van der Waals surface area contributed by atoms with Crippen molar-refractivity contribution >= 4 is 0 Å². The normalized spacial score (nSPS) is 19.4. The fraction of sp³-hybridized carbons (Fsp3) is 0.538. The van der Waals surface area contributed by atoms with Crippen molar-refractivity contribution in [2.24, 2.45) is 5.92 Å². The maximum Gasteiger partial charge on any atom is 0.419 e. The summed E-state index contributed by atoms with van der Waals surface area (Å²) >= 11 is 0. The van der Waals surface area contributed by atoms with E-state index in [-0.39, 0.29) is 11.5 Å². The standard InChI is InChI=1S/C13H14F5N/c14-11-7-9(1-2-10(11)13(16,17)18)12(15)8-3-5-19-6-4-8/h1-2,7-8,12,19H,3-6H2. The molecule has 1 aromatic rings. The first-order chi connectivity index (χ1) is 8.89. The third-order valence-electron chi connectivity index (χ3n) is 3.41. The molecule has 0 radical (unpaired) electrons. The summed E-state index contributed by atoms with van der Waals surface area (Å²) in [5.41, 5.74) is -1.37. The van der Waals surface area contributed by atoms with Gasteiger partial charge in [-0.2, -0.15) is 13.2 Å². The first kappa shape index (κ1) is 14.2. The highest BCUT2D eigenvalue weighted by Crippen LogP contribution is 2.36. The number of nitrogens with one attached hydrogen (secondary N) is 1. The Labute approximate surface area is 107 Å². The minimum Gasteiger partial charge on any atom is -0.317 e. The van der Waals surface area contributed by atoms with E-state index in [9.17, 15) is 22.0 Å². The number of hydrogen-bond acceptors (Lipinski definition) is 1.